The Morgan fingerprint density at radius 3 is 2.74 bits per heavy atom. The first-order chi connectivity index (χ1) is 9.33. The highest BCUT2D eigenvalue weighted by Crippen LogP contribution is 2.42. The molecule has 0 N–H and O–H groups in total. The van der Waals surface area contributed by atoms with Crippen LogP contribution in [-0.2, 0) is 0 Å². The molecule has 0 radical (unpaired) electrons. The second-order valence-corrected chi connectivity index (χ2v) is 5.09. The smallest absolute Gasteiger partial charge is 0.181 e. The Balaban J connectivity index is 2.17. The van der Waals surface area contributed by atoms with Crippen molar-refractivity contribution in [2.45, 2.75) is 23.8 Å². The van der Waals surface area contributed by atoms with Crippen LogP contribution in [0.15, 0.2) is 23.6 Å². The number of hydrogen-bond donors (Lipinski definition) is 0. The average Bonchev–Trinajstić information content (AvgIpc) is 3.31. The van der Waals surface area contributed by atoms with Gasteiger partial charge in [-0.3, -0.25) is 4.98 Å². The van der Waals surface area contributed by atoms with E-state index in [9.17, 15) is 5.26 Å². The Morgan fingerprint density at radius 2 is 2.16 bits per heavy atom. The molecule has 2 aromatic heterocycles. The van der Waals surface area contributed by atoms with Crippen LogP contribution < -0.4 is 0 Å². The number of rotatable bonds is 3. The van der Waals surface area contributed by atoms with Gasteiger partial charge in [0.25, 0.3) is 0 Å². The highest BCUT2D eigenvalue weighted by Gasteiger charge is 2.30. The number of hydrogen-bond acceptors (Lipinski definition) is 6. The zero-order chi connectivity index (χ0) is 13.2. The number of thioether (sulfide) groups is 1. The molecule has 0 unspecified atom stereocenters. The van der Waals surface area contributed by atoms with E-state index in [1.54, 1.807) is 18.6 Å². The second-order valence-electron chi connectivity index (χ2n) is 4.29. The minimum Gasteiger partial charge on any atom is -0.261 e. The molecule has 0 aromatic carbocycles. The third-order valence-electron chi connectivity index (χ3n) is 2.97. The molecule has 19 heavy (non-hydrogen) atoms. The zero-order valence-corrected chi connectivity index (χ0v) is 11.2. The molecule has 0 spiro atoms. The Labute approximate surface area is 115 Å². The van der Waals surface area contributed by atoms with E-state index in [0.29, 0.717) is 23.0 Å². The minimum atomic E-state index is 0.402. The van der Waals surface area contributed by atoms with Crippen molar-refractivity contribution in [3.8, 4) is 17.6 Å². The van der Waals surface area contributed by atoms with Crippen LogP contribution >= 0.6 is 11.8 Å². The Bertz CT molecular complexity index is 646. The van der Waals surface area contributed by atoms with Crippen molar-refractivity contribution >= 4 is 11.8 Å². The Kier molecular flexibility index (Phi) is 3.13. The predicted molar refractivity (Wildman–Crippen MR) is 71.5 cm³/mol. The molecule has 94 valence electrons. The fourth-order valence-electron chi connectivity index (χ4n) is 1.89. The molecule has 0 atom stereocenters. The maximum atomic E-state index is 9.30. The Hall–Kier alpha value is -2.00. The van der Waals surface area contributed by atoms with Gasteiger partial charge >= 0.3 is 0 Å². The fourth-order valence-corrected chi connectivity index (χ4v) is 2.42. The maximum Gasteiger partial charge on any atom is 0.181 e. The van der Waals surface area contributed by atoms with Gasteiger partial charge in [0.05, 0.1) is 11.9 Å². The fraction of sp³-hybridized carbons (Fsp3) is 0.308. The summed E-state index contributed by atoms with van der Waals surface area (Å²) in [6, 6.07) is 2.23. The molecule has 2 aromatic rings. The van der Waals surface area contributed by atoms with Crippen molar-refractivity contribution < 1.29 is 0 Å². The minimum absolute atomic E-state index is 0.402. The van der Waals surface area contributed by atoms with Gasteiger partial charge in [0.15, 0.2) is 5.82 Å². The van der Waals surface area contributed by atoms with Gasteiger partial charge < -0.3 is 0 Å². The second kappa shape index (κ2) is 4.94. The van der Waals surface area contributed by atoms with Crippen molar-refractivity contribution in [2.75, 3.05) is 6.26 Å². The van der Waals surface area contributed by atoms with Crippen LogP contribution in [0.3, 0.4) is 0 Å². The van der Waals surface area contributed by atoms with Gasteiger partial charge in [0.2, 0.25) is 0 Å². The summed E-state index contributed by atoms with van der Waals surface area (Å²) in [6.07, 6.45) is 8.98. The summed E-state index contributed by atoms with van der Waals surface area (Å²) < 4.78 is 0. The molecule has 0 amide bonds. The third kappa shape index (κ3) is 2.29. The standard InChI is InChI=1S/C13H11N5S/c1-19-13-9(6-14)11(8-2-3-8)17-12(18-13)10-7-15-4-5-16-10/h4-5,7-8H,2-3H2,1H3. The van der Waals surface area contributed by atoms with Crippen LogP contribution in [0.25, 0.3) is 11.5 Å². The van der Waals surface area contributed by atoms with Crippen LogP contribution in [0, 0.1) is 11.3 Å². The first-order valence-corrected chi connectivity index (χ1v) is 7.18. The van der Waals surface area contributed by atoms with Gasteiger partial charge in [-0.05, 0) is 19.1 Å². The van der Waals surface area contributed by atoms with E-state index in [1.807, 2.05) is 6.26 Å². The highest BCUT2D eigenvalue weighted by atomic mass is 32.2. The predicted octanol–water partition coefficient (Wildman–Crippen LogP) is 2.40. The van der Waals surface area contributed by atoms with Crippen molar-refractivity contribution in [1.82, 2.24) is 19.9 Å². The van der Waals surface area contributed by atoms with Crippen molar-refractivity contribution in [2.24, 2.45) is 0 Å². The van der Waals surface area contributed by atoms with Crippen LogP contribution in [0.4, 0.5) is 0 Å². The lowest BCUT2D eigenvalue weighted by molar-refractivity contribution is 0.923. The lowest BCUT2D eigenvalue weighted by Crippen LogP contribution is -2.02. The topological polar surface area (TPSA) is 75.3 Å². The van der Waals surface area contributed by atoms with E-state index < -0.39 is 0 Å². The van der Waals surface area contributed by atoms with Crippen LogP contribution in [0.1, 0.15) is 30.0 Å². The van der Waals surface area contributed by atoms with Gasteiger partial charge in [0.1, 0.15) is 22.4 Å². The molecule has 6 heteroatoms. The molecule has 0 saturated heterocycles. The molecule has 0 aliphatic heterocycles. The summed E-state index contributed by atoms with van der Waals surface area (Å²) in [5, 5.41) is 10.0. The largest absolute Gasteiger partial charge is 0.261 e. The van der Waals surface area contributed by atoms with Gasteiger partial charge in [-0.2, -0.15) is 5.26 Å². The lowest BCUT2D eigenvalue weighted by atomic mass is 10.1. The summed E-state index contributed by atoms with van der Waals surface area (Å²) in [5.74, 6) is 0.956. The summed E-state index contributed by atoms with van der Waals surface area (Å²) >= 11 is 1.47. The van der Waals surface area contributed by atoms with Crippen molar-refractivity contribution in [3.05, 3.63) is 29.8 Å². The first kappa shape index (κ1) is 12.1. The summed E-state index contributed by atoms with van der Waals surface area (Å²) in [7, 11) is 0. The van der Waals surface area contributed by atoms with Gasteiger partial charge in [-0.1, -0.05) is 0 Å². The van der Waals surface area contributed by atoms with Crippen LogP contribution in [0.2, 0.25) is 0 Å². The number of nitrogens with zero attached hydrogens (tertiary/aromatic N) is 5. The summed E-state index contributed by atoms with van der Waals surface area (Å²) in [6.45, 7) is 0. The molecule has 1 aliphatic rings. The molecule has 1 saturated carbocycles. The molecular formula is C13H11N5S. The molecule has 0 bridgehead atoms. The molecule has 1 aliphatic carbocycles. The SMILES string of the molecule is CSc1nc(-c2cnccn2)nc(C2CC2)c1C#N. The van der Waals surface area contributed by atoms with E-state index >= 15 is 0 Å². The zero-order valence-electron chi connectivity index (χ0n) is 10.4. The molecule has 2 heterocycles. The van der Waals surface area contributed by atoms with Crippen molar-refractivity contribution in [3.63, 3.8) is 0 Å². The summed E-state index contributed by atoms with van der Waals surface area (Å²) in [5.41, 5.74) is 2.12. The third-order valence-corrected chi connectivity index (χ3v) is 3.65. The van der Waals surface area contributed by atoms with E-state index in [0.717, 1.165) is 23.6 Å². The van der Waals surface area contributed by atoms with E-state index in [2.05, 4.69) is 26.0 Å². The molecule has 1 fully saturated rings. The van der Waals surface area contributed by atoms with Gasteiger partial charge in [-0.25, -0.2) is 15.0 Å². The number of aromatic nitrogens is 4. The maximum absolute atomic E-state index is 9.30. The van der Waals surface area contributed by atoms with Crippen LogP contribution in [0.5, 0.6) is 0 Å². The molecule has 3 rings (SSSR count). The van der Waals surface area contributed by atoms with E-state index in [4.69, 9.17) is 0 Å². The van der Waals surface area contributed by atoms with Crippen LogP contribution in [-0.4, -0.2) is 26.2 Å². The normalized spacial score (nSPS) is 14.1. The summed E-state index contributed by atoms with van der Waals surface area (Å²) in [4.78, 5) is 17.2. The quantitative estimate of drug-likeness (QED) is 0.629. The van der Waals surface area contributed by atoms with Gasteiger partial charge in [0, 0.05) is 18.3 Å². The number of nitriles is 1. The monoisotopic (exact) mass is 269 g/mol. The average molecular weight is 269 g/mol. The first-order valence-electron chi connectivity index (χ1n) is 5.96. The lowest BCUT2D eigenvalue weighted by Gasteiger charge is -2.08. The van der Waals surface area contributed by atoms with E-state index in [-0.39, 0.29) is 0 Å². The Morgan fingerprint density at radius 1 is 1.32 bits per heavy atom. The van der Waals surface area contributed by atoms with E-state index in [1.165, 1.54) is 11.8 Å². The molecular weight excluding hydrogens is 258 g/mol. The van der Waals surface area contributed by atoms with Gasteiger partial charge in [-0.15, -0.1) is 11.8 Å². The highest BCUT2D eigenvalue weighted by molar-refractivity contribution is 7.98. The molecule has 5 nitrogen and oxygen atoms in total. The van der Waals surface area contributed by atoms with Crippen molar-refractivity contribution in [1.29, 1.82) is 5.26 Å².